The van der Waals surface area contributed by atoms with Crippen LogP contribution in [-0.4, -0.2) is 26.7 Å². The zero-order valence-corrected chi connectivity index (χ0v) is 15.0. The van der Waals surface area contributed by atoms with Crippen molar-refractivity contribution in [3.8, 4) is 0 Å². The average molecular weight is 378 g/mol. The molecule has 2 aromatic carbocycles. The fourth-order valence-corrected chi connectivity index (χ4v) is 3.90. The van der Waals surface area contributed by atoms with E-state index < -0.39 is 10.0 Å². The molecule has 0 saturated carbocycles. The van der Waals surface area contributed by atoms with Crippen molar-refractivity contribution in [2.45, 2.75) is 18.2 Å². The molecule has 0 spiro atoms. The number of carbonyl (C=O) groups is 1. The maximum atomic E-state index is 12.1. The summed E-state index contributed by atoms with van der Waals surface area (Å²) in [6.45, 7) is 1.99. The van der Waals surface area contributed by atoms with Gasteiger partial charge < -0.3 is 5.32 Å². The van der Waals surface area contributed by atoms with E-state index in [1.807, 2.05) is 6.92 Å². The van der Waals surface area contributed by atoms with Crippen LogP contribution in [0.5, 0.6) is 0 Å². The van der Waals surface area contributed by atoms with Gasteiger partial charge >= 0.3 is 0 Å². The number of sulfonamides is 1. The highest BCUT2D eigenvalue weighted by atomic mass is 35.5. The second-order valence-electron chi connectivity index (χ2n) is 5.54. The van der Waals surface area contributed by atoms with Crippen LogP contribution >= 0.6 is 11.6 Å². The Bertz CT molecular complexity index is 971. The molecule has 1 heterocycles. The van der Waals surface area contributed by atoms with E-state index in [1.165, 1.54) is 6.07 Å². The van der Waals surface area contributed by atoms with Crippen molar-refractivity contribution in [2.75, 3.05) is 11.9 Å². The summed E-state index contributed by atoms with van der Waals surface area (Å²) in [5, 5.41) is 3.36. The van der Waals surface area contributed by atoms with Crippen molar-refractivity contribution in [3.63, 3.8) is 0 Å². The first-order valence-corrected chi connectivity index (χ1v) is 9.46. The third kappa shape index (κ3) is 3.67. The summed E-state index contributed by atoms with van der Waals surface area (Å²) in [6.07, 6.45) is 0.124. The van der Waals surface area contributed by atoms with Crippen molar-refractivity contribution >= 4 is 39.1 Å². The summed E-state index contributed by atoms with van der Waals surface area (Å²) in [6, 6.07) is 11.9. The molecule has 0 fully saturated rings. The molecule has 1 amide bonds. The summed E-state index contributed by atoms with van der Waals surface area (Å²) < 4.78 is 26.4. The molecule has 3 rings (SSSR count). The Morgan fingerprint density at radius 1 is 1.20 bits per heavy atom. The van der Waals surface area contributed by atoms with Gasteiger partial charge in [-0.1, -0.05) is 29.8 Å². The van der Waals surface area contributed by atoms with Gasteiger partial charge in [0.25, 0.3) is 10.0 Å². The highest BCUT2D eigenvalue weighted by Crippen LogP contribution is 2.23. The first kappa shape index (κ1) is 17.4. The number of fused-ring (bicyclic) bond motifs is 1. The van der Waals surface area contributed by atoms with E-state index in [9.17, 15) is 13.2 Å². The van der Waals surface area contributed by atoms with Crippen LogP contribution in [-0.2, 0) is 14.8 Å². The highest BCUT2D eigenvalue weighted by molar-refractivity contribution is 7.90. The Morgan fingerprint density at radius 2 is 1.96 bits per heavy atom. The Morgan fingerprint density at radius 3 is 2.76 bits per heavy atom. The van der Waals surface area contributed by atoms with E-state index in [-0.39, 0.29) is 29.6 Å². The molecule has 0 unspecified atom stereocenters. The number of amides is 1. The van der Waals surface area contributed by atoms with Crippen molar-refractivity contribution in [1.29, 1.82) is 0 Å². The minimum atomic E-state index is -3.56. The minimum absolute atomic E-state index is 0.124. The third-order valence-corrected chi connectivity index (χ3v) is 5.62. The molecule has 6 nitrogen and oxygen atoms in total. The van der Waals surface area contributed by atoms with Gasteiger partial charge in [0.15, 0.2) is 0 Å². The number of carbonyl (C=O) groups excluding carboxylic acids is 1. The zero-order valence-electron chi connectivity index (χ0n) is 13.4. The summed E-state index contributed by atoms with van der Waals surface area (Å²) >= 11 is 6.02. The van der Waals surface area contributed by atoms with Gasteiger partial charge in [0.1, 0.15) is 5.84 Å². The summed E-state index contributed by atoms with van der Waals surface area (Å²) in [7, 11) is -3.56. The van der Waals surface area contributed by atoms with E-state index in [0.29, 0.717) is 16.3 Å². The summed E-state index contributed by atoms with van der Waals surface area (Å²) in [4.78, 5) is 16.5. The lowest BCUT2D eigenvalue weighted by atomic mass is 10.2. The second kappa shape index (κ2) is 6.85. The maximum Gasteiger partial charge on any atom is 0.263 e. The molecule has 0 atom stereocenters. The monoisotopic (exact) mass is 377 g/mol. The second-order valence-corrected chi connectivity index (χ2v) is 7.60. The molecule has 0 aliphatic carbocycles. The zero-order chi connectivity index (χ0) is 18.0. The van der Waals surface area contributed by atoms with E-state index >= 15 is 0 Å². The van der Waals surface area contributed by atoms with Gasteiger partial charge in [-0.2, -0.15) is 0 Å². The number of nitrogens with zero attached hydrogens (tertiary/aromatic N) is 1. The highest BCUT2D eigenvalue weighted by Gasteiger charge is 2.29. The molecule has 0 aromatic heterocycles. The minimum Gasteiger partial charge on any atom is -0.326 e. The van der Waals surface area contributed by atoms with Crippen molar-refractivity contribution in [3.05, 3.63) is 58.6 Å². The van der Waals surface area contributed by atoms with Gasteiger partial charge in [0.2, 0.25) is 5.91 Å². The summed E-state index contributed by atoms with van der Waals surface area (Å²) in [5.41, 5.74) is 1.96. The van der Waals surface area contributed by atoms with Gasteiger partial charge in [0.05, 0.1) is 11.4 Å². The van der Waals surface area contributed by atoms with Crippen LogP contribution in [0.3, 0.4) is 0 Å². The third-order valence-electron chi connectivity index (χ3n) is 3.81. The normalized spacial score (nSPS) is 16.3. The molecular weight excluding hydrogens is 362 g/mol. The van der Waals surface area contributed by atoms with Crippen LogP contribution < -0.4 is 10.0 Å². The van der Waals surface area contributed by atoms with Crippen LogP contribution in [0.15, 0.2) is 52.4 Å². The Labute approximate surface area is 151 Å². The van der Waals surface area contributed by atoms with E-state index in [4.69, 9.17) is 11.6 Å². The largest absolute Gasteiger partial charge is 0.326 e. The molecule has 130 valence electrons. The molecule has 8 heteroatoms. The lowest BCUT2D eigenvalue weighted by Gasteiger charge is -2.08. The standard InChI is InChI=1S/C17H16ClN3O3S/c1-11-13(18)6-4-7-14(11)20-16(22)9-10-19-17-12-5-2-3-8-15(12)25(23,24)21-17/h2-8H,9-10H2,1H3,(H,19,21)(H,20,22). The van der Waals surface area contributed by atoms with Gasteiger partial charge in [-0.25, -0.2) is 8.42 Å². The lowest BCUT2D eigenvalue weighted by Crippen LogP contribution is -2.23. The number of nitrogens with one attached hydrogen (secondary N) is 2. The van der Waals surface area contributed by atoms with Crippen LogP contribution in [0.4, 0.5) is 5.69 Å². The van der Waals surface area contributed by atoms with Crippen LogP contribution in [0, 0.1) is 6.92 Å². The number of hydrogen-bond donors (Lipinski definition) is 2. The van der Waals surface area contributed by atoms with E-state index in [0.717, 1.165) is 5.56 Å². The molecule has 0 radical (unpaired) electrons. The predicted molar refractivity (Wildman–Crippen MR) is 97.6 cm³/mol. The topological polar surface area (TPSA) is 87.6 Å². The fourth-order valence-electron chi connectivity index (χ4n) is 2.48. The Hall–Kier alpha value is -2.38. The van der Waals surface area contributed by atoms with E-state index in [2.05, 4.69) is 15.0 Å². The van der Waals surface area contributed by atoms with Crippen LogP contribution in [0.25, 0.3) is 0 Å². The molecule has 1 aliphatic rings. The molecule has 25 heavy (non-hydrogen) atoms. The van der Waals surface area contributed by atoms with Crippen LogP contribution in [0.1, 0.15) is 17.5 Å². The fraction of sp³-hybridized carbons (Fsp3) is 0.176. The van der Waals surface area contributed by atoms with Gasteiger partial charge in [0, 0.05) is 22.7 Å². The first-order valence-electron chi connectivity index (χ1n) is 7.60. The lowest BCUT2D eigenvalue weighted by molar-refractivity contribution is -0.116. The molecule has 0 saturated heterocycles. The van der Waals surface area contributed by atoms with Crippen molar-refractivity contribution < 1.29 is 13.2 Å². The number of anilines is 1. The Kier molecular flexibility index (Phi) is 4.78. The molecule has 0 bridgehead atoms. The molecule has 2 aromatic rings. The Balaban J connectivity index is 1.66. The number of aliphatic imine (C=N–C) groups is 1. The van der Waals surface area contributed by atoms with Crippen molar-refractivity contribution in [2.24, 2.45) is 4.99 Å². The van der Waals surface area contributed by atoms with E-state index in [1.54, 1.807) is 36.4 Å². The van der Waals surface area contributed by atoms with Crippen molar-refractivity contribution in [1.82, 2.24) is 4.72 Å². The van der Waals surface area contributed by atoms with Gasteiger partial charge in [-0.05, 0) is 36.8 Å². The average Bonchev–Trinajstić information content (AvgIpc) is 2.83. The SMILES string of the molecule is Cc1c(Cl)cccc1NC(=O)CCN=C1NS(=O)(=O)c2ccccc21. The predicted octanol–water partition coefficient (Wildman–Crippen LogP) is 2.72. The van der Waals surface area contributed by atoms with Gasteiger partial charge in [-0.15, -0.1) is 0 Å². The maximum absolute atomic E-state index is 12.1. The van der Waals surface area contributed by atoms with Gasteiger partial charge in [-0.3, -0.25) is 14.5 Å². The van der Waals surface area contributed by atoms with Crippen LogP contribution in [0.2, 0.25) is 5.02 Å². The molecule has 2 N–H and O–H groups in total. The smallest absolute Gasteiger partial charge is 0.263 e. The quantitative estimate of drug-likeness (QED) is 0.858. The number of halogens is 1. The number of rotatable bonds is 4. The summed E-state index contributed by atoms with van der Waals surface area (Å²) in [5.74, 6) is 0.0474. The number of benzene rings is 2. The molecular formula is C17H16ClN3O3S. The number of hydrogen-bond acceptors (Lipinski definition) is 4. The first-order chi connectivity index (χ1) is 11.9. The number of amidine groups is 1. The molecule has 1 aliphatic heterocycles.